The van der Waals surface area contributed by atoms with Gasteiger partial charge in [-0.25, -0.2) is 0 Å². The van der Waals surface area contributed by atoms with Gasteiger partial charge in [-0.05, 0) is 25.8 Å². The van der Waals surface area contributed by atoms with Crippen LogP contribution in [0, 0.1) is 6.92 Å². The van der Waals surface area contributed by atoms with Crippen LogP contribution in [0.3, 0.4) is 0 Å². The molecule has 0 aliphatic carbocycles. The van der Waals surface area contributed by atoms with E-state index in [0.717, 1.165) is 25.1 Å². The molecule has 0 radical (unpaired) electrons. The van der Waals surface area contributed by atoms with Gasteiger partial charge in [-0.1, -0.05) is 5.16 Å². The van der Waals surface area contributed by atoms with Gasteiger partial charge in [-0.3, -0.25) is 9.48 Å². The average molecular weight is 305 g/mol. The van der Waals surface area contributed by atoms with Crippen LogP contribution in [0.2, 0.25) is 0 Å². The lowest BCUT2D eigenvalue weighted by molar-refractivity contribution is -0.121. The van der Waals surface area contributed by atoms with Crippen molar-refractivity contribution in [2.24, 2.45) is 0 Å². The monoisotopic (exact) mass is 305 g/mol. The molecule has 2 aromatic heterocycles. The average Bonchev–Trinajstić information content (AvgIpc) is 3.24. The molecule has 2 aromatic rings. The smallest absolute Gasteiger partial charge is 0.255 e. The number of hydrogen-bond donors (Lipinski definition) is 1. The normalized spacial score (nSPS) is 17.8. The van der Waals surface area contributed by atoms with Gasteiger partial charge in [0.05, 0.1) is 6.54 Å². The molecule has 22 heavy (non-hydrogen) atoms. The SMILES string of the molecule is Cc1ccnn1CCC(=O)NCc1noc([C@H]2CCCO2)n1. The summed E-state index contributed by atoms with van der Waals surface area (Å²) in [7, 11) is 0. The number of nitrogens with one attached hydrogen (secondary N) is 1. The van der Waals surface area contributed by atoms with E-state index in [2.05, 4.69) is 20.6 Å². The second kappa shape index (κ2) is 6.69. The molecule has 1 amide bonds. The molecule has 3 heterocycles. The first kappa shape index (κ1) is 14.7. The third kappa shape index (κ3) is 3.51. The maximum Gasteiger partial charge on any atom is 0.255 e. The fraction of sp³-hybridized carbons (Fsp3) is 0.571. The molecular formula is C14H19N5O3. The molecule has 0 bridgehead atoms. The number of rotatable bonds is 6. The number of carbonyl (C=O) groups is 1. The van der Waals surface area contributed by atoms with Crippen LogP contribution in [0.1, 0.15) is 42.8 Å². The second-order valence-electron chi connectivity index (χ2n) is 5.27. The van der Waals surface area contributed by atoms with Gasteiger partial charge in [0.2, 0.25) is 5.91 Å². The van der Waals surface area contributed by atoms with Crippen molar-refractivity contribution < 1.29 is 14.1 Å². The molecule has 1 N–H and O–H groups in total. The van der Waals surface area contributed by atoms with E-state index in [1.807, 2.05) is 13.0 Å². The summed E-state index contributed by atoms with van der Waals surface area (Å²) in [6, 6.07) is 1.91. The van der Waals surface area contributed by atoms with E-state index in [4.69, 9.17) is 9.26 Å². The Morgan fingerprint density at radius 1 is 1.55 bits per heavy atom. The van der Waals surface area contributed by atoms with Gasteiger partial charge in [-0.15, -0.1) is 0 Å². The molecule has 1 atom stereocenters. The molecule has 8 nitrogen and oxygen atoms in total. The Kier molecular flexibility index (Phi) is 4.47. The minimum Gasteiger partial charge on any atom is -0.368 e. The van der Waals surface area contributed by atoms with Crippen molar-refractivity contribution >= 4 is 5.91 Å². The first-order valence-electron chi connectivity index (χ1n) is 7.41. The molecule has 0 saturated carbocycles. The van der Waals surface area contributed by atoms with Gasteiger partial charge in [-0.2, -0.15) is 10.1 Å². The predicted octanol–water partition coefficient (Wildman–Crippen LogP) is 1.13. The second-order valence-corrected chi connectivity index (χ2v) is 5.27. The topological polar surface area (TPSA) is 95.1 Å². The zero-order chi connectivity index (χ0) is 15.4. The molecule has 8 heteroatoms. The zero-order valence-corrected chi connectivity index (χ0v) is 12.5. The summed E-state index contributed by atoms with van der Waals surface area (Å²) in [6.45, 7) is 3.49. The highest BCUT2D eigenvalue weighted by molar-refractivity contribution is 5.75. The molecule has 1 aliphatic rings. The number of amides is 1. The number of aryl methyl sites for hydroxylation is 2. The Hall–Kier alpha value is -2.22. The molecule has 118 valence electrons. The van der Waals surface area contributed by atoms with E-state index in [1.54, 1.807) is 10.9 Å². The van der Waals surface area contributed by atoms with Gasteiger partial charge in [0.1, 0.15) is 6.10 Å². The number of nitrogens with zero attached hydrogens (tertiary/aromatic N) is 4. The first-order chi connectivity index (χ1) is 10.7. The zero-order valence-electron chi connectivity index (χ0n) is 12.5. The molecule has 1 aliphatic heterocycles. The lowest BCUT2D eigenvalue weighted by atomic mass is 10.2. The van der Waals surface area contributed by atoms with Gasteiger partial charge >= 0.3 is 0 Å². The Morgan fingerprint density at radius 3 is 3.18 bits per heavy atom. The summed E-state index contributed by atoms with van der Waals surface area (Å²) >= 11 is 0. The predicted molar refractivity (Wildman–Crippen MR) is 75.7 cm³/mol. The van der Waals surface area contributed by atoms with Crippen molar-refractivity contribution in [3.8, 4) is 0 Å². The van der Waals surface area contributed by atoms with E-state index >= 15 is 0 Å². The minimum atomic E-state index is -0.0975. The first-order valence-corrected chi connectivity index (χ1v) is 7.41. The lowest BCUT2D eigenvalue weighted by Crippen LogP contribution is -2.24. The van der Waals surface area contributed by atoms with E-state index in [0.29, 0.717) is 24.7 Å². The van der Waals surface area contributed by atoms with E-state index < -0.39 is 0 Å². The Labute approximate surface area is 127 Å². The highest BCUT2D eigenvalue weighted by Gasteiger charge is 2.23. The summed E-state index contributed by atoms with van der Waals surface area (Å²) in [5, 5.41) is 10.8. The summed E-state index contributed by atoms with van der Waals surface area (Å²) < 4.78 is 12.4. The van der Waals surface area contributed by atoms with Crippen LogP contribution in [0.4, 0.5) is 0 Å². The van der Waals surface area contributed by atoms with Crippen molar-refractivity contribution in [1.29, 1.82) is 0 Å². The molecular weight excluding hydrogens is 286 g/mol. The Bertz CT molecular complexity index is 630. The van der Waals surface area contributed by atoms with Crippen molar-refractivity contribution in [2.75, 3.05) is 6.61 Å². The van der Waals surface area contributed by atoms with E-state index in [9.17, 15) is 4.79 Å². The van der Waals surface area contributed by atoms with Crippen LogP contribution in [0.15, 0.2) is 16.8 Å². The van der Waals surface area contributed by atoms with Crippen LogP contribution in [-0.2, 0) is 22.6 Å². The van der Waals surface area contributed by atoms with Gasteiger partial charge in [0.25, 0.3) is 5.89 Å². The number of ether oxygens (including phenoxy) is 1. The third-order valence-electron chi connectivity index (χ3n) is 3.61. The number of aromatic nitrogens is 4. The van der Waals surface area contributed by atoms with Crippen molar-refractivity contribution in [3.63, 3.8) is 0 Å². The third-order valence-corrected chi connectivity index (χ3v) is 3.61. The fourth-order valence-corrected chi connectivity index (χ4v) is 2.35. The summed E-state index contributed by atoms with van der Waals surface area (Å²) in [5.74, 6) is 0.890. The van der Waals surface area contributed by atoms with Crippen LogP contribution < -0.4 is 5.32 Å². The largest absolute Gasteiger partial charge is 0.368 e. The summed E-state index contributed by atoms with van der Waals surface area (Å²) in [6.07, 6.45) is 3.89. The van der Waals surface area contributed by atoms with Crippen LogP contribution in [0.5, 0.6) is 0 Å². The lowest BCUT2D eigenvalue weighted by Gasteiger charge is -2.04. The van der Waals surface area contributed by atoms with Gasteiger partial charge < -0.3 is 14.6 Å². The number of carbonyl (C=O) groups excluding carboxylic acids is 1. The maximum atomic E-state index is 11.8. The standard InChI is InChI=1S/C14H19N5O3/c1-10-4-6-16-19(10)7-5-13(20)15-9-12-17-14(22-18-12)11-3-2-8-21-11/h4,6,11H,2-3,5,7-9H2,1H3,(H,15,20)/t11-/m1/s1. The van der Waals surface area contributed by atoms with Crippen molar-refractivity contribution in [1.82, 2.24) is 25.2 Å². The molecule has 1 saturated heterocycles. The van der Waals surface area contributed by atoms with Crippen LogP contribution in [0.25, 0.3) is 0 Å². The van der Waals surface area contributed by atoms with Gasteiger partial charge in [0.15, 0.2) is 5.82 Å². The van der Waals surface area contributed by atoms with E-state index in [1.165, 1.54) is 0 Å². The molecule has 3 rings (SSSR count). The van der Waals surface area contributed by atoms with Crippen LogP contribution >= 0.6 is 0 Å². The fourth-order valence-electron chi connectivity index (χ4n) is 2.35. The van der Waals surface area contributed by atoms with Gasteiger partial charge in [0, 0.05) is 31.5 Å². The quantitative estimate of drug-likeness (QED) is 0.859. The van der Waals surface area contributed by atoms with Crippen LogP contribution in [-0.4, -0.2) is 32.4 Å². The molecule has 0 spiro atoms. The highest BCUT2D eigenvalue weighted by Crippen LogP contribution is 2.26. The maximum absolute atomic E-state index is 11.8. The highest BCUT2D eigenvalue weighted by atomic mass is 16.5. The van der Waals surface area contributed by atoms with Crippen molar-refractivity contribution in [2.45, 2.75) is 45.4 Å². The summed E-state index contributed by atoms with van der Waals surface area (Å²) in [5.41, 5.74) is 1.03. The minimum absolute atomic E-state index is 0.0710. The summed E-state index contributed by atoms with van der Waals surface area (Å²) in [4.78, 5) is 16.1. The Morgan fingerprint density at radius 2 is 2.45 bits per heavy atom. The molecule has 0 unspecified atom stereocenters. The van der Waals surface area contributed by atoms with Crippen molar-refractivity contribution in [3.05, 3.63) is 29.7 Å². The van der Waals surface area contributed by atoms with E-state index in [-0.39, 0.29) is 18.6 Å². The molecule has 1 fully saturated rings. The Balaban J connectivity index is 1.44. The number of hydrogen-bond acceptors (Lipinski definition) is 6. The molecule has 0 aromatic carbocycles.